The maximum atomic E-state index is 11.0. The molecule has 0 fully saturated rings. The van der Waals surface area contributed by atoms with Crippen molar-refractivity contribution in [2.45, 2.75) is 13.3 Å². The van der Waals surface area contributed by atoms with Gasteiger partial charge in [-0.3, -0.25) is 4.79 Å². The summed E-state index contributed by atoms with van der Waals surface area (Å²) in [6, 6.07) is 8.00. The summed E-state index contributed by atoms with van der Waals surface area (Å²) in [5.74, 6) is 0.799. The lowest BCUT2D eigenvalue weighted by atomic mass is 10.1. The molecule has 1 aromatic heterocycles. The van der Waals surface area contributed by atoms with Gasteiger partial charge in [-0.05, 0) is 24.6 Å². The van der Waals surface area contributed by atoms with Gasteiger partial charge in [-0.1, -0.05) is 28.1 Å². The Morgan fingerprint density at radius 1 is 1.25 bits per heavy atom. The van der Waals surface area contributed by atoms with E-state index in [-0.39, 0.29) is 5.78 Å². The van der Waals surface area contributed by atoms with Gasteiger partial charge in [-0.2, -0.15) is 0 Å². The molecule has 20 heavy (non-hydrogen) atoms. The first kappa shape index (κ1) is 14.7. The van der Waals surface area contributed by atoms with Crippen LogP contribution < -0.4 is 4.90 Å². The van der Waals surface area contributed by atoms with E-state index in [9.17, 15) is 4.79 Å². The van der Waals surface area contributed by atoms with Crippen LogP contribution in [0.2, 0.25) is 0 Å². The second kappa shape index (κ2) is 6.61. The summed E-state index contributed by atoms with van der Waals surface area (Å²) >= 11 is 3.45. The van der Waals surface area contributed by atoms with Crippen LogP contribution in [0, 0.1) is 0 Å². The number of halogens is 1. The second-order valence-corrected chi connectivity index (χ2v) is 5.57. The quantitative estimate of drug-likeness (QED) is 0.842. The van der Waals surface area contributed by atoms with Gasteiger partial charge in [0.1, 0.15) is 5.78 Å². The summed E-state index contributed by atoms with van der Waals surface area (Å²) in [7, 11) is 1.89. The third kappa shape index (κ3) is 3.87. The summed E-state index contributed by atoms with van der Waals surface area (Å²) < 4.78 is 1.03. The smallest absolute Gasteiger partial charge is 0.225 e. The molecule has 0 N–H and O–H groups in total. The third-order valence-corrected chi connectivity index (χ3v) is 3.43. The highest BCUT2D eigenvalue weighted by molar-refractivity contribution is 9.10. The lowest BCUT2D eigenvalue weighted by Crippen LogP contribution is -2.22. The molecule has 0 saturated heterocycles. The summed E-state index contributed by atoms with van der Waals surface area (Å²) in [6.07, 6.45) is 4.11. The van der Waals surface area contributed by atoms with Crippen molar-refractivity contribution in [3.8, 4) is 11.1 Å². The number of benzene rings is 1. The Morgan fingerprint density at radius 2 is 1.95 bits per heavy atom. The fourth-order valence-electron chi connectivity index (χ4n) is 1.76. The summed E-state index contributed by atoms with van der Waals surface area (Å²) in [5.41, 5.74) is 2.03. The molecule has 0 aliphatic heterocycles. The monoisotopic (exact) mass is 333 g/mol. The van der Waals surface area contributed by atoms with Crippen LogP contribution in [0.5, 0.6) is 0 Å². The van der Waals surface area contributed by atoms with E-state index in [4.69, 9.17) is 0 Å². The zero-order valence-electron chi connectivity index (χ0n) is 11.5. The molecular weight excluding hydrogens is 318 g/mol. The van der Waals surface area contributed by atoms with Crippen molar-refractivity contribution in [3.05, 3.63) is 41.1 Å². The van der Waals surface area contributed by atoms with E-state index in [1.54, 1.807) is 19.3 Å². The van der Waals surface area contributed by atoms with E-state index < -0.39 is 0 Å². The topological polar surface area (TPSA) is 46.1 Å². The Kier molecular flexibility index (Phi) is 4.84. The van der Waals surface area contributed by atoms with E-state index >= 15 is 0 Å². The fraction of sp³-hybridized carbons (Fsp3) is 0.267. The van der Waals surface area contributed by atoms with Crippen LogP contribution in [0.1, 0.15) is 13.3 Å². The first-order valence-electron chi connectivity index (χ1n) is 6.35. The predicted octanol–water partition coefficient (Wildman–Crippen LogP) is 3.32. The van der Waals surface area contributed by atoms with Gasteiger partial charge in [-0.25, -0.2) is 9.97 Å². The number of Topliss-reactive ketones (excluding diaryl/α,β-unsaturated/α-hetero) is 1. The Labute approximate surface area is 127 Å². The highest BCUT2D eigenvalue weighted by Crippen LogP contribution is 2.22. The number of hydrogen-bond acceptors (Lipinski definition) is 4. The van der Waals surface area contributed by atoms with Crippen LogP contribution in [-0.2, 0) is 4.79 Å². The Hall–Kier alpha value is -1.75. The molecule has 0 unspecified atom stereocenters. The molecule has 1 aromatic carbocycles. The molecule has 0 saturated carbocycles. The highest BCUT2D eigenvalue weighted by Gasteiger charge is 2.06. The SMILES string of the molecule is CC(=O)CCN(C)c1ncc(-c2cccc(Br)c2)cn1. The van der Waals surface area contributed by atoms with E-state index in [0.29, 0.717) is 18.9 Å². The number of hydrogen-bond donors (Lipinski definition) is 0. The molecule has 0 aliphatic rings. The van der Waals surface area contributed by atoms with Gasteiger partial charge in [0.25, 0.3) is 0 Å². The van der Waals surface area contributed by atoms with Crippen LogP contribution in [0.3, 0.4) is 0 Å². The number of rotatable bonds is 5. The molecule has 0 radical (unpaired) electrons. The maximum Gasteiger partial charge on any atom is 0.225 e. The number of carbonyl (C=O) groups excluding carboxylic acids is 1. The lowest BCUT2D eigenvalue weighted by Gasteiger charge is -2.16. The molecule has 2 rings (SSSR count). The average molecular weight is 334 g/mol. The van der Waals surface area contributed by atoms with Crippen molar-refractivity contribution in [2.24, 2.45) is 0 Å². The van der Waals surface area contributed by atoms with Crippen molar-refractivity contribution in [2.75, 3.05) is 18.5 Å². The molecule has 1 heterocycles. The van der Waals surface area contributed by atoms with Crippen LogP contribution in [0.15, 0.2) is 41.1 Å². The predicted molar refractivity (Wildman–Crippen MR) is 83.7 cm³/mol. The largest absolute Gasteiger partial charge is 0.343 e. The molecule has 0 bridgehead atoms. The third-order valence-electron chi connectivity index (χ3n) is 2.94. The first-order chi connectivity index (χ1) is 9.56. The standard InChI is InChI=1S/C15H16BrN3O/c1-11(20)6-7-19(2)15-17-9-13(10-18-15)12-4-3-5-14(16)8-12/h3-5,8-10H,6-7H2,1-2H3. The van der Waals surface area contributed by atoms with Gasteiger partial charge < -0.3 is 4.90 Å². The number of carbonyl (C=O) groups is 1. The van der Waals surface area contributed by atoms with Crippen molar-refractivity contribution in [1.82, 2.24) is 9.97 Å². The zero-order chi connectivity index (χ0) is 14.5. The fourth-order valence-corrected chi connectivity index (χ4v) is 2.16. The molecule has 0 atom stereocenters. The van der Waals surface area contributed by atoms with Gasteiger partial charge in [0.05, 0.1) is 0 Å². The molecule has 0 spiro atoms. The molecular formula is C15H16BrN3O. The first-order valence-corrected chi connectivity index (χ1v) is 7.14. The lowest BCUT2D eigenvalue weighted by molar-refractivity contribution is -0.116. The molecule has 2 aromatic rings. The number of aromatic nitrogens is 2. The Bertz CT molecular complexity index is 598. The number of nitrogens with zero attached hydrogens (tertiary/aromatic N) is 3. The summed E-state index contributed by atoms with van der Waals surface area (Å²) in [5, 5.41) is 0. The average Bonchev–Trinajstić information content (AvgIpc) is 2.45. The van der Waals surface area contributed by atoms with Crippen molar-refractivity contribution in [3.63, 3.8) is 0 Å². The van der Waals surface area contributed by atoms with Crippen LogP contribution in [0.4, 0.5) is 5.95 Å². The van der Waals surface area contributed by atoms with Gasteiger partial charge in [-0.15, -0.1) is 0 Å². The number of anilines is 1. The highest BCUT2D eigenvalue weighted by atomic mass is 79.9. The minimum Gasteiger partial charge on any atom is -0.343 e. The van der Waals surface area contributed by atoms with Crippen LogP contribution >= 0.6 is 15.9 Å². The van der Waals surface area contributed by atoms with Gasteiger partial charge in [0.2, 0.25) is 5.95 Å². The van der Waals surface area contributed by atoms with E-state index in [1.165, 1.54) is 0 Å². The van der Waals surface area contributed by atoms with Gasteiger partial charge in [0, 0.05) is 42.4 Å². The van der Waals surface area contributed by atoms with E-state index in [0.717, 1.165) is 15.6 Å². The zero-order valence-corrected chi connectivity index (χ0v) is 13.1. The minimum absolute atomic E-state index is 0.169. The van der Waals surface area contributed by atoms with Crippen molar-refractivity contribution >= 4 is 27.7 Å². The second-order valence-electron chi connectivity index (χ2n) is 4.66. The van der Waals surface area contributed by atoms with Gasteiger partial charge in [0.15, 0.2) is 0 Å². The van der Waals surface area contributed by atoms with E-state index in [2.05, 4.69) is 25.9 Å². The summed E-state index contributed by atoms with van der Waals surface area (Å²) in [4.78, 5) is 21.6. The normalized spacial score (nSPS) is 10.3. The number of ketones is 1. The van der Waals surface area contributed by atoms with Crippen molar-refractivity contribution in [1.29, 1.82) is 0 Å². The van der Waals surface area contributed by atoms with E-state index in [1.807, 2.05) is 36.2 Å². The Balaban J connectivity index is 2.12. The Morgan fingerprint density at radius 3 is 2.55 bits per heavy atom. The minimum atomic E-state index is 0.169. The maximum absolute atomic E-state index is 11.0. The molecule has 104 valence electrons. The molecule has 0 aliphatic carbocycles. The molecule has 4 nitrogen and oxygen atoms in total. The van der Waals surface area contributed by atoms with Gasteiger partial charge >= 0.3 is 0 Å². The van der Waals surface area contributed by atoms with Crippen LogP contribution in [0.25, 0.3) is 11.1 Å². The molecule has 5 heteroatoms. The van der Waals surface area contributed by atoms with Crippen molar-refractivity contribution < 1.29 is 4.79 Å². The van der Waals surface area contributed by atoms with Crippen LogP contribution in [-0.4, -0.2) is 29.3 Å². The molecule has 0 amide bonds. The summed E-state index contributed by atoms with van der Waals surface area (Å²) in [6.45, 7) is 2.22.